The summed E-state index contributed by atoms with van der Waals surface area (Å²) in [5, 5.41) is 0. The van der Waals surface area contributed by atoms with Crippen LogP contribution in [0.4, 0.5) is 11.4 Å². The molecule has 2 aliphatic heterocycles. The van der Waals surface area contributed by atoms with E-state index in [9.17, 15) is 0 Å². The number of benzene rings is 2. The largest absolute Gasteiger partial charge is 0.344 e. The predicted molar refractivity (Wildman–Crippen MR) is 152 cm³/mol. The maximum absolute atomic E-state index is 2.59. The Balaban J connectivity index is 1.64. The highest BCUT2D eigenvalue weighted by atomic mass is 15.2. The number of hydrogen-bond acceptors (Lipinski definition) is 1. The Bertz CT molecular complexity index is 1140. The van der Waals surface area contributed by atoms with Crippen LogP contribution in [0.15, 0.2) is 72.5 Å². The van der Waals surface area contributed by atoms with Crippen LogP contribution in [0.1, 0.15) is 85.3 Å². The van der Waals surface area contributed by atoms with Crippen LogP contribution in [0.2, 0.25) is 0 Å². The molecule has 0 unspecified atom stereocenters. The average molecular weight is 470 g/mol. The predicted octanol–water partition coefficient (Wildman–Crippen LogP) is 8.54. The molecule has 0 aliphatic carbocycles. The minimum Gasteiger partial charge on any atom is -0.344 e. The molecular weight excluding hydrogens is 424 g/mol. The molecule has 2 aromatic carbocycles. The minimum absolute atomic E-state index is 0.00212. The minimum atomic E-state index is 0.00212. The lowest BCUT2D eigenvalue weighted by Crippen LogP contribution is -2.28. The normalized spacial score (nSPS) is 19.3. The van der Waals surface area contributed by atoms with Crippen LogP contribution in [0.3, 0.4) is 0 Å². The maximum Gasteiger partial charge on any atom is 0.209 e. The fourth-order valence-corrected chi connectivity index (χ4v) is 6.09. The van der Waals surface area contributed by atoms with Crippen molar-refractivity contribution in [2.24, 2.45) is 5.92 Å². The first-order valence-electron chi connectivity index (χ1n) is 13.7. The first kappa shape index (κ1) is 25.5. The summed E-state index contributed by atoms with van der Waals surface area (Å²) in [6.07, 6.45) is 12.2. The molecule has 2 heteroatoms. The molecule has 0 N–H and O–H groups in total. The lowest BCUT2D eigenvalue weighted by molar-refractivity contribution is -0.438. The Morgan fingerprint density at radius 1 is 0.857 bits per heavy atom. The van der Waals surface area contributed by atoms with Gasteiger partial charge in [-0.25, -0.2) is 0 Å². The van der Waals surface area contributed by atoms with Crippen molar-refractivity contribution in [3.8, 4) is 0 Å². The van der Waals surface area contributed by atoms with E-state index >= 15 is 0 Å². The third-order valence-corrected chi connectivity index (χ3v) is 8.09. The van der Waals surface area contributed by atoms with Crippen LogP contribution in [-0.4, -0.2) is 23.4 Å². The van der Waals surface area contributed by atoms with Crippen molar-refractivity contribution >= 4 is 17.1 Å². The molecule has 0 aromatic heterocycles. The molecule has 2 aliphatic rings. The highest BCUT2D eigenvalue weighted by Crippen LogP contribution is 2.47. The first-order chi connectivity index (χ1) is 16.7. The lowest BCUT2D eigenvalue weighted by atomic mass is 9.81. The van der Waals surface area contributed by atoms with Crippen LogP contribution in [0, 0.1) is 5.92 Å². The standard InChI is InChI=1S/C33H45N2/c1-8-34-28-20-13-11-18-26(28)32(4,5)30(34)22-16-23-31-33(6,7)27-19-12-14-21-29(27)35(31)24-15-9-10-17-25(2)3/h11-14,16,18-23,25H,8-10,15,17,24H2,1-7H3/q+1. The molecule has 0 saturated heterocycles. The smallest absolute Gasteiger partial charge is 0.209 e. The zero-order valence-electron chi connectivity index (χ0n) is 23.1. The summed E-state index contributed by atoms with van der Waals surface area (Å²) in [5.41, 5.74) is 8.40. The van der Waals surface area contributed by atoms with E-state index in [-0.39, 0.29) is 10.8 Å². The van der Waals surface area contributed by atoms with Crippen molar-refractivity contribution < 1.29 is 4.58 Å². The molecule has 2 heterocycles. The third-order valence-electron chi connectivity index (χ3n) is 8.09. The van der Waals surface area contributed by atoms with Gasteiger partial charge >= 0.3 is 0 Å². The monoisotopic (exact) mass is 469 g/mol. The highest BCUT2D eigenvalue weighted by molar-refractivity contribution is 6.03. The average Bonchev–Trinajstić information content (AvgIpc) is 3.18. The van der Waals surface area contributed by atoms with Gasteiger partial charge in [0, 0.05) is 47.5 Å². The summed E-state index contributed by atoms with van der Waals surface area (Å²) in [6.45, 7) is 18.4. The van der Waals surface area contributed by atoms with Gasteiger partial charge < -0.3 is 4.90 Å². The Labute approximate surface area is 214 Å². The number of hydrogen-bond donors (Lipinski definition) is 0. The Morgan fingerprint density at radius 2 is 1.54 bits per heavy atom. The van der Waals surface area contributed by atoms with Crippen molar-refractivity contribution in [2.45, 2.75) is 85.0 Å². The van der Waals surface area contributed by atoms with E-state index in [1.807, 2.05) is 0 Å². The maximum atomic E-state index is 2.59. The Hall–Kier alpha value is -2.61. The molecule has 0 bridgehead atoms. The van der Waals surface area contributed by atoms with Crippen LogP contribution in [-0.2, 0) is 10.8 Å². The molecule has 4 rings (SSSR count). The van der Waals surface area contributed by atoms with Gasteiger partial charge in [-0.15, -0.1) is 0 Å². The molecule has 186 valence electrons. The summed E-state index contributed by atoms with van der Waals surface area (Å²) >= 11 is 0. The Morgan fingerprint density at radius 3 is 2.26 bits per heavy atom. The van der Waals surface area contributed by atoms with Gasteiger partial charge in [-0.05, 0) is 50.8 Å². The van der Waals surface area contributed by atoms with E-state index < -0.39 is 0 Å². The van der Waals surface area contributed by atoms with Crippen LogP contribution in [0.25, 0.3) is 0 Å². The van der Waals surface area contributed by atoms with Crippen molar-refractivity contribution in [1.82, 2.24) is 0 Å². The van der Waals surface area contributed by atoms with E-state index in [0.29, 0.717) is 0 Å². The van der Waals surface area contributed by atoms with Gasteiger partial charge in [0.2, 0.25) is 5.69 Å². The van der Waals surface area contributed by atoms with Crippen molar-refractivity contribution in [1.29, 1.82) is 0 Å². The van der Waals surface area contributed by atoms with E-state index in [0.717, 1.165) is 19.0 Å². The molecule has 0 spiro atoms. The van der Waals surface area contributed by atoms with E-state index in [2.05, 4.69) is 125 Å². The van der Waals surface area contributed by atoms with Crippen molar-refractivity contribution in [2.75, 3.05) is 18.0 Å². The zero-order chi connectivity index (χ0) is 25.2. The van der Waals surface area contributed by atoms with Gasteiger partial charge in [0.05, 0.1) is 5.41 Å². The molecule has 0 radical (unpaired) electrons. The lowest BCUT2D eigenvalue weighted by Gasteiger charge is -2.25. The molecule has 0 atom stereocenters. The molecule has 2 nitrogen and oxygen atoms in total. The van der Waals surface area contributed by atoms with Gasteiger partial charge in [-0.2, -0.15) is 4.58 Å². The van der Waals surface area contributed by atoms with Crippen molar-refractivity contribution in [3.63, 3.8) is 0 Å². The van der Waals surface area contributed by atoms with Gasteiger partial charge in [-0.1, -0.05) is 83.0 Å². The van der Waals surface area contributed by atoms with Gasteiger partial charge in [0.15, 0.2) is 5.71 Å². The van der Waals surface area contributed by atoms with Crippen LogP contribution >= 0.6 is 0 Å². The fourth-order valence-electron chi connectivity index (χ4n) is 6.09. The van der Waals surface area contributed by atoms with Gasteiger partial charge in [0.25, 0.3) is 0 Å². The number of para-hydroxylation sites is 2. The molecule has 2 aromatic rings. The highest BCUT2D eigenvalue weighted by Gasteiger charge is 2.44. The summed E-state index contributed by atoms with van der Waals surface area (Å²) in [7, 11) is 0. The van der Waals surface area contributed by atoms with Gasteiger partial charge in [0.1, 0.15) is 6.54 Å². The number of allylic oxidation sites excluding steroid dienone is 4. The SMILES string of the molecule is CCN1/C(=C/C=C/C2=[N+](CCCCCC(C)C)c3ccccc3C2(C)C)C(C)(C)c2ccccc21. The summed E-state index contributed by atoms with van der Waals surface area (Å²) in [4.78, 5) is 2.48. The number of rotatable bonds is 9. The zero-order valence-corrected chi connectivity index (χ0v) is 23.1. The quantitative estimate of drug-likeness (QED) is 0.263. The topological polar surface area (TPSA) is 6.25 Å². The van der Waals surface area contributed by atoms with E-state index in [1.54, 1.807) is 0 Å². The second-order valence-electron chi connectivity index (χ2n) is 11.7. The summed E-state index contributed by atoms with van der Waals surface area (Å²) in [5.74, 6) is 0.799. The molecule has 0 saturated carbocycles. The number of likely N-dealkylation sites (N-methyl/N-ethyl adjacent to an activating group) is 1. The van der Waals surface area contributed by atoms with Crippen molar-refractivity contribution in [3.05, 3.63) is 83.6 Å². The summed E-state index contributed by atoms with van der Waals surface area (Å²) < 4.78 is 2.59. The Kier molecular flexibility index (Phi) is 7.40. The first-order valence-corrected chi connectivity index (χ1v) is 13.7. The molecule has 35 heavy (non-hydrogen) atoms. The van der Waals surface area contributed by atoms with Gasteiger partial charge in [-0.3, -0.25) is 0 Å². The van der Waals surface area contributed by atoms with Crippen LogP contribution < -0.4 is 4.90 Å². The fraction of sp³-hybridized carbons (Fsp3) is 0.485. The van der Waals surface area contributed by atoms with E-state index in [4.69, 9.17) is 0 Å². The number of unbranched alkanes of at least 4 members (excludes halogenated alkanes) is 2. The summed E-state index contributed by atoms with van der Waals surface area (Å²) in [6, 6.07) is 17.9. The number of fused-ring (bicyclic) bond motifs is 2. The number of nitrogens with zero attached hydrogens (tertiary/aromatic N) is 2. The molecule has 0 amide bonds. The van der Waals surface area contributed by atoms with E-state index in [1.165, 1.54) is 59.6 Å². The molecular formula is C33H45N2+. The second-order valence-corrected chi connectivity index (χ2v) is 11.7. The van der Waals surface area contributed by atoms with Crippen LogP contribution in [0.5, 0.6) is 0 Å². The second kappa shape index (κ2) is 10.2. The third kappa shape index (κ3) is 4.77. The molecule has 0 fully saturated rings. The number of anilines is 1.